The molecule has 0 rings (SSSR count). The van der Waals surface area contributed by atoms with Crippen molar-refractivity contribution in [1.82, 2.24) is 10.8 Å². The molecule has 0 aromatic rings. The van der Waals surface area contributed by atoms with Gasteiger partial charge in [0.15, 0.2) is 0 Å². The number of hydrogen-bond acceptors (Lipinski definition) is 4. The third-order valence-corrected chi connectivity index (χ3v) is 1.82. The Morgan fingerprint density at radius 1 is 1.21 bits per heavy atom. The van der Waals surface area contributed by atoms with Gasteiger partial charge in [-0.1, -0.05) is 13.8 Å². The SMILES string of the molecule is CC(C)C(NO)C(=O)N[C@@H](C)C(=O)O. The van der Waals surface area contributed by atoms with Gasteiger partial charge in [-0.25, -0.2) is 0 Å². The Labute approximate surface area is 82.3 Å². The lowest BCUT2D eigenvalue weighted by Gasteiger charge is -2.19. The van der Waals surface area contributed by atoms with Crippen LogP contribution in [0.25, 0.3) is 0 Å². The smallest absolute Gasteiger partial charge is 0.325 e. The van der Waals surface area contributed by atoms with E-state index in [1.54, 1.807) is 13.8 Å². The zero-order chi connectivity index (χ0) is 11.3. The van der Waals surface area contributed by atoms with Crippen molar-refractivity contribution in [3.8, 4) is 0 Å². The molecule has 6 heteroatoms. The van der Waals surface area contributed by atoms with E-state index in [4.69, 9.17) is 10.3 Å². The first-order valence-corrected chi connectivity index (χ1v) is 4.33. The molecule has 0 fully saturated rings. The van der Waals surface area contributed by atoms with Gasteiger partial charge in [0.1, 0.15) is 12.1 Å². The summed E-state index contributed by atoms with van der Waals surface area (Å²) in [6, 6.07) is -1.76. The van der Waals surface area contributed by atoms with Crippen LogP contribution in [0.5, 0.6) is 0 Å². The number of nitrogens with one attached hydrogen (secondary N) is 2. The molecule has 0 bridgehead atoms. The van der Waals surface area contributed by atoms with Crippen molar-refractivity contribution in [2.75, 3.05) is 0 Å². The highest BCUT2D eigenvalue weighted by molar-refractivity contribution is 5.86. The van der Waals surface area contributed by atoms with Gasteiger partial charge in [-0.05, 0) is 12.8 Å². The van der Waals surface area contributed by atoms with Crippen molar-refractivity contribution in [1.29, 1.82) is 0 Å². The van der Waals surface area contributed by atoms with E-state index < -0.39 is 24.0 Å². The predicted octanol–water partition coefficient (Wildman–Crippen LogP) is -0.421. The number of carbonyl (C=O) groups excluding carboxylic acids is 1. The molecular weight excluding hydrogens is 188 g/mol. The molecule has 14 heavy (non-hydrogen) atoms. The van der Waals surface area contributed by atoms with E-state index >= 15 is 0 Å². The van der Waals surface area contributed by atoms with Crippen molar-refractivity contribution in [2.45, 2.75) is 32.9 Å². The highest BCUT2D eigenvalue weighted by Gasteiger charge is 2.24. The summed E-state index contributed by atoms with van der Waals surface area (Å²) in [7, 11) is 0. The first kappa shape index (κ1) is 12.9. The summed E-state index contributed by atoms with van der Waals surface area (Å²) >= 11 is 0. The van der Waals surface area contributed by atoms with Crippen LogP contribution in [0, 0.1) is 5.92 Å². The summed E-state index contributed by atoms with van der Waals surface area (Å²) in [6.07, 6.45) is 0. The largest absolute Gasteiger partial charge is 0.480 e. The van der Waals surface area contributed by atoms with Crippen LogP contribution in [0.4, 0.5) is 0 Å². The molecule has 1 unspecified atom stereocenters. The van der Waals surface area contributed by atoms with E-state index in [0.29, 0.717) is 0 Å². The average Bonchev–Trinajstić information content (AvgIpc) is 2.04. The quantitative estimate of drug-likeness (QED) is 0.456. The number of amides is 1. The van der Waals surface area contributed by atoms with Crippen LogP contribution in [0.1, 0.15) is 20.8 Å². The molecule has 6 nitrogen and oxygen atoms in total. The Kier molecular flexibility index (Phi) is 5.11. The molecule has 0 spiro atoms. The van der Waals surface area contributed by atoms with Crippen LogP contribution in [-0.4, -0.2) is 34.3 Å². The summed E-state index contributed by atoms with van der Waals surface area (Å²) in [5.41, 5.74) is 1.84. The Morgan fingerprint density at radius 3 is 2.00 bits per heavy atom. The molecule has 0 saturated carbocycles. The summed E-state index contributed by atoms with van der Waals surface area (Å²) < 4.78 is 0. The van der Waals surface area contributed by atoms with Crippen molar-refractivity contribution in [3.05, 3.63) is 0 Å². The number of carbonyl (C=O) groups is 2. The molecule has 0 aliphatic heterocycles. The molecule has 2 atom stereocenters. The fraction of sp³-hybridized carbons (Fsp3) is 0.750. The van der Waals surface area contributed by atoms with E-state index in [9.17, 15) is 9.59 Å². The van der Waals surface area contributed by atoms with Crippen molar-refractivity contribution in [2.24, 2.45) is 5.92 Å². The minimum absolute atomic E-state index is 0.124. The molecule has 0 heterocycles. The van der Waals surface area contributed by atoms with Gasteiger partial charge in [0.2, 0.25) is 5.91 Å². The number of carboxylic acids is 1. The van der Waals surface area contributed by atoms with Gasteiger partial charge in [-0.2, -0.15) is 5.48 Å². The topological polar surface area (TPSA) is 98.7 Å². The lowest BCUT2D eigenvalue weighted by Crippen LogP contribution is -2.50. The summed E-state index contributed by atoms with van der Waals surface area (Å²) in [6.45, 7) is 4.83. The zero-order valence-corrected chi connectivity index (χ0v) is 8.44. The van der Waals surface area contributed by atoms with Gasteiger partial charge >= 0.3 is 5.97 Å². The van der Waals surface area contributed by atoms with Gasteiger partial charge in [0, 0.05) is 0 Å². The Balaban J connectivity index is 4.24. The van der Waals surface area contributed by atoms with E-state index in [1.807, 2.05) is 5.48 Å². The third-order valence-electron chi connectivity index (χ3n) is 1.82. The van der Waals surface area contributed by atoms with Gasteiger partial charge in [-0.15, -0.1) is 0 Å². The monoisotopic (exact) mass is 204 g/mol. The van der Waals surface area contributed by atoms with Gasteiger partial charge in [0.05, 0.1) is 0 Å². The number of carboxylic acid groups (broad SMARTS) is 1. The second-order valence-electron chi connectivity index (χ2n) is 3.42. The Hall–Kier alpha value is -1.14. The van der Waals surface area contributed by atoms with Crippen LogP contribution in [0.2, 0.25) is 0 Å². The molecule has 0 radical (unpaired) electrons. The molecule has 0 saturated heterocycles. The normalized spacial score (nSPS) is 14.9. The zero-order valence-electron chi connectivity index (χ0n) is 8.44. The second-order valence-corrected chi connectivity index (χ2v) is 3.42. The van der Waals surface area contributed by atoms with E-state index in [1.165, 1.54) is 6.92 Å². The molecule has 1 amide bonds. The van der Waals surface area contributed by atoms with E-state index in [0.717, 1.165) is 0 Å². The molecule has 0 aromatic heterocycles. The fourth-order valence-electron chi connectivity index (χ4n) is 0.875. The summed E-state index contributed by atoms with van der Waals surface area (Å²) in [4.78, 5) is 21.8. The Bertz CT molecular complexity index is 217. The van der Waals surface area contributed by atoms with Crippen LogP contribution in [0.3, 0.4) is 0 Å². The van der Waals surface area contributed by atoms with Crippen LogP contribution in [-0.2, 0) is 9.59 Å². The number of rotatable bonds is 5. The molecule has 4 N–H and O–H groups in total. The van der Waals surface area contributed by atoms with Crippen LogP contribution < -0.4 is 10.8 Å². The maximum atomic E-state index is 11.3. The second kappa shape index (κ2) is 5.56. The number of aliphatic carboxylic acids is 1. The minimum atomic E-state index is -1.11. The first-order valence-electron chi connectivity index (χ1n) is 4.33. The molecular formula is C8H16N2O4. The van der Waals surface area contributed by atoms with Gasteiger partial charge < -0.3 is 15.6 Å². The van der Waals surface area contributed by atoms with Crippen molar-refractivity contribution < 1.29 is 19.9 Å². The van der Waals surface area contributed by atoms with Crippen molar-refractivity contribution >= 4 is 11.9 Å². The van der Waals surface area contributed by atoms with E-state index in [-0.39, 0.29) is 5.92 Å². The number of hydrogen-bond donors (Lipinski definition) is 4. The third kappa shape index (κ3) is 3.71. The lowest BCUT2D eigenvalue weighted by atomic mass is 10.0. The summed E-state index contributed by atoms with van der Waals surface area (Å²) in [5.74, 6) is -1.77. The van der Waals surface area contributed by atoms with Crippen molar-refractivity contribution in [3.63, 3.8) is 0 Å². The first-order chi connectivity index (χ1) is 6.40. The molecule has 0 aliphatic rings. The minimum Gasteiger partial charge on any atom is -0.480 e. The highest BCUT2D eigenvalue weighted by atomic mass is 16.5. The van der Waals surface area contributed by atoms with Crippen LogP contribution >= 0.6 is 0 Å². The lowest BCUT2D eigenvalue weighted by molar-refractivity contribution is -0.142. The average molecular weight is 204 g/mol. The fourth-order valence-corrected chi connectivity index (χ4v) is 0.875. The standard InChI is InChI=1S/C8H16N2O4/c1-4(2)6(10-14)7(11)9-5(3)8(12)13/h4-6,10,14H,1-3H3,(H,9,11)(H,12,13)/t5-,6?/m0/s1. The predicted molar refractivity (Wildman–Crippen MR) is 48.8 cm³/mol. The molecule has 0 aliphatic carbocycles. The summed E-state index contributed by atoms with van der Waals surface area (Å²) in [5, 5.41) is 19.4. The van der Waals surface area contributed by atoms with Gasteiger partial charge in [-0.3, -0.25) is 9.59 Å². The van der Waals surface area contributed by atoms with Crippen LogP contribution in [0.15, 0.2) is 0 Å². The molecule has 0 aromatic carbocycles. The maximum absolute atomic E-state index is 11.3. The van der Waals surface area contributed by atoms with E-state index in [2.05, 4.69) is 5.32 Å². The van der Waals surface area contributed by atoms with Gasteiger partial charge in [0.25, 0.3) is 0 Å². The maximum Gasteiger partial charge on any atom is 0.325 e. The highest BCUT2D eigenvalue weighted by Crippen LogP contribution is 2.01. The molecule has 82 valence electrons. The Morgan fingerprint density at radius 2 is 1.71 bits per heavy atom. The number of hydroxylamine groups is 1.